The third kappa shape index (κ3) is 9.90. The van der Waals surface area contributed by atoms with Gasteiger partial charge < -0.3 is 43.7 Å². The first-order valence-electron chi connectivity index (χ1n) is 22.2. The van der Waals surface area contributed by atoms with E-state index in [0.29, 0.717) is 111 Å². The molecule has 1 aromatic heterocycles. The summed E-state index contributed by atoms with van der Waals surface area (Å²) in [6, 6.07) is 10.9. The molecule has 0 bridgehead atoms. The minimum atomic E-state index is -0.692. The molecule has 3 saturated heterocycles. The number of nitrogens with one attached hydrogen (secondary N) is 2. The van der Waals surface area contributed by atoms with Crippen molar-refractivity contribution in [2.24, 2.45) is 0 Å². The number of imide groups is 1. The van der Waals surface area contributed by atoms with Gasteiger partial charge in [-0.3, -0.25) is 29.4 Å². The van der Waals surface area contributed by atoms with Gasteiger partial charge in [-0.1, -0.05) is 11.6 Å². The highest BCUT2D eigenvalue weighted by molar-refractivity contribution is 6.31. The highest BCUT2D eigenvalue weighted by Crippen LogP contribution is 2.44. The molecule has 0 radical (unpaired) electrons. The van der Waals surface area contributed by atoms with E-state index in [1.165, 1.54) is 23.4 Å². The van der Waals surface area contributed by atoms with E-state index >= 15 is 0 Å². The van der Waals surface area contributed by atoms with Gasteiger partial charge in [0, 0.05) is 101 Å². The maximum Gasteiger partial charge on any atom is 0.255 e. The number of rotatable bonds is 15. The average Bonchev–Trinajstić information content (AvgIpc) is 3.62. The monoisotopic (exact) mass is 914 g/mol. The molecule has 0 saturated carbocycles. The summed E-state index contributed by atoms with van der Waals surface area (Å²) < 4.78 is 44.1. The van der Waals surface area contributed by atoms with Gasteiger partial charge >= 0.3 is 0 Å². The summed E-state index contributed by atoms with van der Waals surface area (Å²) in [5, 5.41) is 6.26. The molecule has 1 atom stereocenters. The first-order valence-corrected chi connectivity index (χ1v) is 22.5. The lowest BCUT2D eigenvalue weighted by molar-refractivity contribution is -0.138. The molecule has 2 N–H and O–H groups in total. The molecule has 65 heavy (non-hydrogen) atoms. The number of hydrogen-bond acceptors (Lipinski definition) is 14. The number of methoxy groups -OCH3 is 1. The molecular weight excluding hydrogens is 863 g/mol. The van der Waals surface area contributed by atoms with Gasteiger partial charge in [0.2, 0.25) is 17.7 Å². The average molecular weight is 915 g/mol. The summed E-state index contributed by atoms with van der Waals surface area (Å²) in [4.78, 5) is 67.6. The second kappa shape index (κ2) is 19.3. The van der Waals surface area contributed by atoms with Crippen LogP contribution in [0, 0.1) is 5.82 Å². The summed E-state index contributed by atoms with van der Waals surface area (Å²) in [6.45, 7) is 8.52. The van der Waals surface area contributed by atoms with Crippen molar-refractivity contribution in [3.8, 4) is 23.0 Å². The van der Waals surface area contributed by atoms with Crippen molar-refractivity contribution < 1.29 is 47.3 Å². The third-order valence-corrected chi connectivity index (χ3v) is 13.2. The van der Waals surface area contributed by atoms with Crippen LogP contribution in [0.1, 0.15) is 54.4 Å². The van der Waals surface area contributed by atoms with Crippen molar-refractivity contribution in [1.29, 1.82) is 0 Å². The quantitative estimate of drug-likeness (QED) is 0.125. The number of benzene rings is 3. The Bertz CT molecular complexity index is 2460. The fourth-order valence-corrected chi connectivity index (χ4v) is 9.30. The van der Waals surface area contributed by atoms with Gasteiger partial charge in [0.25, 0.3) is 5.91 Å². The van der Waals surface area contributed by atoms with Crippen molar-refractivity contribution in [2.45, 2.75) is 56.7 Å². The number of piperazine rings is 1. The third-order valence-electron chi connectivity index (χ3n) is 12.9. The Hall–Kier alpha value is -5.82. The number of hydrogen-bond donors (Lipinski definition) is 2. The van der Waals surface area contributed by atoms with E-state index in [4.69, 9.17) is 35.3 Å². The van der Waals surface area contributed by atoms with Crippen molar-refractivity contribution in [3.05, 3.63) is 70.8 Å². The molecule has 4 amide bonds. The number of likely N-dealkylation sites (tertiary alicyclic amines) is 1. The fraction of sp³-hybridized carbons (Fsp3) is 0.478. The van der Waals surface area contributed by atoms with Crippen LogP contribution in [-0.4, -0.2) is 151 Å². The molecule has 1 spiro atoms. The van der Waals surface area contributed by atoms with Crippen LogP contribution in [0.4, 0.5) is 15.9 Å². The summed E-state index contributed by atoms with van der Waals surface area (Å²) >= 11 is 5.98. The molecule has 1 unspecified atom stereocenters. The number of carbonyl (C=O) groups is 4. The molecule has 4 aromatic rings. The Balaban J connectivity index is 0.653. The van der Waals surface area contributed by atoms with Crippen molar-refractivity contribution in [3.63, 3.8) is 0 Å². The molecular formula is C46H52ClFN8O9. The first kappa shape index (κ1) is 44.4. The lowest BCUT2D eigenvalue weighted by Gasteiger charge is -2.44. The SMILES string of the molecule is COc1cc2ncnc(Nc3ccc(F)c(Cl)c3)c2cc1OCCCN1CCN(CCOCCC(=O)N2CCC3(CC2)COc2cc4c(cc2O3)C(=O)N(C2CCC(=O)NC2=O)C4)CC1. The van der Waals surface area contributed by atoms with Gasteiger partial charge in [-0.05, 0) is 54.8 Å². The van der Waals surface area contributed by atoms with Crippen LogP contribution in [0.2, 0.25) is 5.02 Å². The van der Waals surface area contributed by atoms with Crippen LogP contribution >= 0.6 is 11.6 Å². The van der Waals surface area contributed by atoms with Crippen LogP contribution in [0.3, 0.4) is 0 Å². The number of ether oxygens (including phenoxy) is 5. The number of carbonyl (C=O) groups excluding carboxylic acids is 4. The molecule has 6 heterocycles. The zero-order valence-corrected chi connectivity index (χ0v) is 37.0. The van der Waals surface area contributed by atoms with Gasteiger partial charge in [-0.2, -0.15) is 0 Å². The molecule has 9 rings (SSSR count). The molecule has 3 aromatic carbocycles. The maximum atomic E-state index is 13.7. The molecule has 5 aliphatic rings. The summed E-state index contributed by atoms with van der Waals surface area (Å²) in [7, 11) is 1.59. The topological polar surface area (TPSA) is 177 Å². The summed E-state index contributed by atoms with van der Waals surface area (Å²) in [5.74, 6) is 1.24. The molecule has 5 aliphatic heterocycles. The zero-order chi connectivity index (χ0) is 45.1. The molecule has 0 aliphatic carbocycles. The summed E-state index contributed by atoms with van der Waals surface area (Å²) in [5.41, 5.74) is 1.89. The largest absolute Gasteiger partial charge is 0.493 e. The van der Waals surface area contributed by atoms with E-state index in [1.807, 2.05) is 23.1 Å². The Morgan fingerprint density at radius 2 is 1.75 bits per heavy atom. The highest BCUT2D eigenvalue weighted by atomic mass is 35.5. The van der Waals surface area contributed by atoms with E-state index in [1.54, 1.807) is 19.2 Å². The smallest absolute Gasteiger partial charge is 0.255 e. The van der Waals surface area contributed by atoms with Crippen LogP contribution in [-0.2, 0) is 25.7 Å². The number of amides is 4. The molecule has 17 nitrogen and oxygen atoms in total. The van der Waals surface area contributed by atoms with Crippen LogP contribution < -0.4 is 29.6 Å². The van der Waals surface area contributed by atoms with Gasteiger partial charge in [0.15, 0.2) is 23.0 Å². The lowest BCUT2D eigenvalue weighted by Crippen LogP contribution is -2.54. The van der Waals surface area contributed by atoms with E-state index in [0.717, 1.165) is 56.6 Å². The number of halogens is 2. The second-order valence-electron chi connectivity index (χ2n) is 17.1. The maximum absolute atomic E-state index is 13.7. The lowest BCUT2D eigenvalue weighted by atomic mass is 9.90. The standard InChI is InChI=1S/C46H52ClFN8O9/c1-61-37-25-35-32(43(50-28-49-35)51-30-3-4-34(48)33(47)22-30)24-39(37)63-18-2-10-53-13-15-54(16-14-53)17-20-62-19-7-42(58)55-11-8-46(9-12-55)27-64-38-21-29-26-56(36-5-6-41(57)52-44(36)59)45(60)31(29)23-40(38)65-46/h3-4,21-25,28,36H,2,5-20,26-27H2,1H3,(H,49,50,51)(H,52,57,59). The van der Waals surface area contributed by atoms with E-state index in [2.05, 4.69) is 30.4 Å². The molecule has 3 fully saturated rings. The number of piperidine rings is 2. The first-order chi connectivity index (χ1) is 31.5. The Morgan fingerprint density at radius 3 is 2.52 bits per heavy atom. The summed E-state index contributed by atoms with van der Waals surface area (Å²) in [6.07, 6.45) is 4.26. The predicted octanol–water partition coefficient (Wildman–Crippen LogP) is 4.56. The van der Waals surface area contributed by atoms with Gasteiger partial charge in [-0.25, -0.2) is 14.4 Å². The van der Waals surface area contributed by atoms with Gasteiger partial charge in [0.05, 0.1) is 43.9 Å². The number of aromatic nitrogens is 2. The highest BCUT2D eigenvalue weighted by Gasteiger charge is 2.44. The van der Waals surface area contributed by atoms with Crippen LogP contribution in [0.15, 0.2) is 48.8 Å². The molecule has 344 valence electrons. The Morgan fingerprint density at radius 1 is 0.954 bits per heavy atom. The van der Waals surface area contributed by atoms with E-state index in [9.17, 15) is 23.6 Å². The molecule has 19 heteroatoms. The Kier molecular flexibility index (Phi) is 13.2. The minimum Gasteiger partial charge on any atom is -0.493 e. The normalized spacial score (nSPS) is 19.7. The number of fused-ring (bicyclic) bond motifs is 3. The minimum absolute atomic E-state index is 0.0110. The fourth-order valence-electron chi connectivity index (χ4n) is 9.11. The van der Waals surface area contributed by atoms with Crippen molar-refractivity contribution in [2.75, 3.05) is 91.2 Å². The second-order valence-corrected chi connectivity index (χ2v) is 17.5. The Labute approximate surface area is 380 Å². The van der Waals surface area contributed by atoms with Crippen LogP contribution in [0.25, 0.3) is 10.9 Å². The van der Waals surface area contributed by atoms with Crippen molar-refractivity contribution >= 4 is 57.6 Å². The zero-order valence-electron chi connectivity index (χ0n) is 36.2. The van der Waals surface area contributed by atoms with Gasteiger partial charge in [-0.15, -0.1) is 0 Å². The van der Waals surface area contributed by atoms with Crippen molar-refractivity contribution in [1.82, 2.24) is 34.9 Å². The van der Waals surface area contributed by atoms with Gasteiger partial charge in [0.1, 0.15) is 36.2 Å². The van der Waals surface area contributed by atoms with E-state index < -0.39 is 23.4 Å². The van der Waals surface area contributed by atoms with Crippen LogP contribution in [0.5, 0.6) is 23.0 Å². The number of anilines is 2. The van der Waals surface area contributed by atoms with E-state index in [-0.39, 0.29) is 35.7 Å². The number of nitrogens with zero attached hydrogens (tertiary/aromatic N) is 6. The predicted molar refractivity (Wildman–Crippen MR) is 236 cm³/mol.